The fourth-order valence-corrected chi connectivity index (χ4v) is 2.24. The molecule has 1 atom stereocenters. The van der Waals surface area contributed by atoms with Gasteiger partial charge in [0.25, 0.3) is 0 Å². The highest BCUT2D eigenvalue weighted by atomic mass is 16.5. The Hall–Kier alpha value is -1.35. The highest BCUT2D eigenvalue weighted by Crippen LogP contribution is 2.14. The minimum absolute atomic E-state index is 0.158. The van der Waals surface area contributed by atoms with E-state index in [2.05, 4.69) is 25.7 Å². The topological polar surface area (TPSA) is 29.5 Å². The molecule has 1 rings (SSSR count). The first-order chi connectivity index (χ1) is 9.43. The van der Waals surface area contributed by atoms with Crippen molar-refractivity contribution in [3.8, 4) is 5.75 Å². The Balaban J connectivity index is 2.57. The maximum absolute atomic E-state index is 12.2. The minimum atomic E-state index is 0.158. The van der Waals surface area contributed by atoms with Crippen LogP contribution >= 0.6 is 0 Å². The number of benzene rings is 1. The molecule has 0 aliphatic carbocycles. The van der Waals surface area contributed by atoms with Crippen molar-refractivity contribution in [1.29, 1.82) is 0 Å². The van der Waals surface area contributed by atoms with Gasteiger partial charge in [-0.2, -0.15) is 0 Å². The average Bonchev–Trinajstić information content (AvgIpc) is 2.39. The molecule has 1 aromatic rings. The molecule has 0 fully saturated rings. The number of likely N-dealkylation sites (N-methyl/N-ethyl adjacent to an activating group) is 1. The van der Waals surface area contributed by atoms with E-state index < -0.39 is 0 Å². The van der Waals surface area contributed by atoms with Gasteiger partial charge in [0.05, 0.1) is 13.2 Å². The Morgan fingerprint density at radius 2 is 1.80 bits per heavy atom. The SMILES string of the molecule is CCOc1ccc(C(=O)CN(C)C(C)CC(C)C)cc1. The summed E-state index contributed by atoms with van der Waals surface area (Å²) in [5, 5.41) is 0. The Labute approximate surface area is 122 Å². The molecule has 0 spiro atoms. The quantitative estimate of drug-likeness (QED) is 0.679. The third-order valence-corrected chi connectivity index (χ3v) is 3.45. The molecule has 112 valence electrons. The van der Waals surface area contributed by atoms with E-state index in [0.29, 0.717) is 25.1 Å². The van der Waals surface area contributed by atoms with Crippen LogP contribution in [0.15, 0.2) is 24.3 Å². The van der Waals surface area contributed by atoms with E-state index in [4.69, 9.17) is 4.74 Å². The van der Waals surface area contributed by atoms with Gasteiger partial charge in [0.15, 0.2) is 5.78 Å². The first kappa shape index (κ1) is 16.7. The fraction of sp³-hybridized carbons (Fsp3) is 0.588. The van der Waals surface area contributed by atoms with Crippen molar-refractivity contribution in [2.24, 2.45) is 5.92 Å². The van der Waals surface area contributed by atoms with Gasteiger partial charge in [-0.3, -0.25) is 9.69 Å². The molecule has 0 aromatic heterocycles. The Morgan fingerprint density at radius 1 is 1.20 bits per heavy atom. The van der Waals surface area contributed by atoms with Gasteiger partial charge in [-0.05, 0) is 57.5 Å². The number of nitrogens with zero attached hydrogens (tertiary/aromatic N) is 1. The molecule has 0 amide bonds. The van der Waals surface area contributed by atoms with Gasteiger partial charge in [-0.25, -0.2) is 0 Å². The largest absolute Gasteiger partial charge is 0.494 e. The second-order valence-corrected chi connectivity index (χ2v) is 5.77. The van der Waals surface area contributed by atoms with Crippen LogP contribution in [0, 0.1) is 5.92 Å². The third kappa shape index (κ3) is 5.33. The van der Waals surface area contributed by atoms with E-state index in [1.165, 1.54) is 0 Å². The number of carbonyl (C=O) groups excluding carboxylic acids is 1. The molecule has 0 aliphatic heterocycles. The van der Waals surface area contributed by atoms with Crippen LogP contribution in [0.1, 0.15) is 44.5 Å². The highest BCUT2D eigenvalue weighted by Gasteiger charge is 2.15. The first-order valence-electron chi connectivity index (χ1n) is 7.40. The number of ketones is 1. The third-order valence-electron chi connectivity index (χ3n) is 3.45. The summed E-state index contributed by atoms with van der Waals surface area (Å²) in [7, 11) is 2.01. The van der Waals surface area contributed by atoms with Crippen LogP contribution in [0.3, 0.4) is 0 Å². The van der Waals surface area contributed by atoms with Gasteiger partial charge < -0.3 is 4.74 Å². The predicted octanol–water partition coefficient (Wildman–Crippen LogP) is 3.63. The molecule has 0 heterocycles. The lowest BCUT2D eigenvalue weighted by Crippen LogP contribution is -2.34. The van der Waals surface area contributed by atoms with Gasteiger partial charge in [-0.1, -0.05) is 13.8 Å². The standard InChI is InChI=1S/C17H27NO2/c1-6-20-16-9-7-15(8-10-16)17(19)12-18(5)14(4)11-13(2)3/h7-10,13-14H,6,11-12H2,1-5H3. The number of hydrogen-bond acceptors (Lipinski definition) is 3. The Bertz CT molecular complexity index is 412. The van der Waals surface area contributed by atoms with Crippen LogP contribution < -0.4 is 4.74 Å². The molecule has 0 N–H and O–H groups in total. The van der Waals surface area contributed by atoms with E-state index in [-0.39, 0.29) is 5.78 Å². The molecular weight excluding hydrogens is 250 g/mol. The van der Waals surface area contributed by atoms with Crippen LogP contribution in [0.25, 0.3) is 0 Å². The lowest BCUT2D eigenvalue weighted by atomic mass is 10.0. The van der Waals surface area contributed by atoms with Crippen molar-refractivity contribution in [2.75, 3.05) is 20.2 Å². The Kier molecular flexibility index (Phi) is 6.73. The molecule has 1 aromatic carbocycles. The highest BCUT2D eigenvalue weighted by molar-refractivity contribution is 5.97. The van der Waals surface area contributed by atoms with Crippen molar-refractivity contribution < 1.29 is 9.53 Å². The average molecular weight is 277 g/mol. The lowest BCUT2D eigenvalue weighted by molar-refractivity contribution is 0.0916. The van der Waals surface area contributed by atoms with Gasteiger partial charge in [0.1, 0.15) is 5.75 Å². The number of ether oxygens (including phenoxy) is 1. The zero-order valence-corrected chi connectivity index (χ0v) is 13.3. The Morgan fingerprint density at radius 3 is 2.30 bits per heavy atom. The maximum Gasteiger partial charge on any atom is 0.176 e. The van der Waals surface area contributed by atoms with E-state index in [1.807, 2.05) is 38.2 Å². The van der Waals surface area contributed by atoms with Gasteiger partial charge in [0.2, 0.25) is 0 Å². The van der Waals surface area contributed by atoms with Crippen molar-refractivity contribution in [3.63, 3.8) is 0 Å². The molecule has 0 saturated heterocycles. The van der Waals surface area contributed by atoms with Crippen molar-refractivity contribution in [1.82, 2.24) is 4.90 Å². The minimum Gasteiger partial charge on any atom is -0.494 e. The first-order valence-corrected chi connectivity index (χ1v) is 7.40. The summed E-state index contributed by atoms with van der Waals surface area (Å²) < 4.78 is 5.38. The molecule has 0 saturated carbocycles. The smallest absolute Gasteiger partial charge is 0.176 e. The van der Waals surface area contributed by atoms with Crippen molar-refractivity contribution in [2.45, 2.75) is 40.2 Å². The number of Topliss-reactive ketones (excluding diaryl/α,β-unsaturated/α-hetero) is 1. The summed E-state index contributed by atoms with van der Waals surface area (Å²) in [6, 6.07) is 7.81. The van der Waals surface area contributed by atoms with E-state index in [0.717, 1.165) is 17.7 Å². The molecule has 0 radical (unpaired) electrons. The van der Waals surface area contributed by atoms with E-state index in [1.54, 1.807) is 0 Å². The predicted molar refractivity (Wildman–Crippen MR) is 83.5 cm³/mol. The fourth-order valence-electron chi connectivity index (χ4n) is 2.24. The molecule has 3 heteroatoms. The van der Waals surface area contributed by atoms with Crippen molar-refractivity contribution in [3.05, 3.63) is 29.8 Å². The number of carbonyl (C=O) groups is 1. The summed E-state index contributed by atoms with van der Waals surface area (Å²) in [6.45, 7) is 9.64. The zero-order chi connectivity index (χ0) is 15.1. The van der Waals surface area contributed by atoms with Gasteiger partial charge >= 0.3 is 0 Å². The maximum atomic E-state index is 12.2. The molecule has 3 nitrogen and oxygen atoms in total. The summed E-state index contributed by atoms with van der Waals surface area (Å²) in [6.07, 6.45) is 1.10. The molecule has 0 bridgehead atoms. The van der Waals surface area contributed by atoms with Crippen LogP contribution in [-0.2, 0) is 0 Å². The van der Waals surface area contributed by atoms with Crippen LogP contribution in [0.2, 0.25) is 0 Å². The van der Waals surface area contributed by atoms with Crippen LogP contribution in [-0.4, -0.2) is 36.9 Å². The normalized spacial score (nSPS) is 12.8. The summed E-state index contributed by atoms with van der Waals surface area (Å²) in [4.78, 5) is 14.4. The monoisotopic (exact) mass is 277 g/mol. The van der Waals surface area contributed by atoms with Crippen LogP contribution in [0.5, 0.6) is 5.75 Å². The molecule has 20 heavy (non-hydrogen) atoms. The second-order valence-electron chi connectivity index (χ2n) is 5.77. The molecule has 1 unspecified atom stereocenters. The van der Waals surface area contributed by atoms with E-state index in [9.17, 15) is 4.79 Å². The lowest BCUT2D eigenvalue weighted by Gasteiger charge is -2.25. The van der Waals surface area contributed by atoms with E-state index >= 15 is 0 Å². The summed E-state index contributed by atoms with van der Waals surface area (Å²) in [5.74, 6) is 1.62. The molecular formula is C17H27NO2. The van der Waals surface area contributed by atoms with Gasteiger partial charge in [-0.15, -0.1) is 0 Å². The van der Waals surface area contributed by atoms with Crippen LogP contribution in [0.4, 0.5) is 0 Å². The number of hydrogen-bond donors (Lipinski definition) is 0. The van der Waals surface area contributed by atoms with Gasteiger partial charge in [0, 0.05) is 11.6 Å². The zero-order valence-electron chi connectivity index (χ0n) is 13.3. The second kappa shape index (κ2) is 8.05. The summed E-state index contributed by atoms with van der Waals surface area (Å²) in [5.41, 5.74) is 0.747. The van der Waals surface area contributed by atoms with Crippen molar-refractivity contribution >= 4 is 5.78 Å². The number of rotatable bonds is 8. The molecule has 0 aliphatic rings. The summed E-state index contributed by atoms with van der Waals surface area (Å²) >= 11 is 0.